The third-order valence-electron chi connectivity index (χ3n) is 2.83. The monoisotopic (exact) mass is 274 g/mol. The highest BCUT2D eigenvalue weighted by atomic mass is 35.5. The van der Waals surface area contributed by atoms with Crippen molar-refractivity contribution in [3.8, 4) is 0 Å². The molecule has 3 nitrogen and oxygen atoms in total. The van der Waals surface area contributed by atoms with E-state index >= 15 is 0 Å². The van der Waals surface area contributed by atoms with Crippen LogP contribution < -0.4 is 0 Å². The van der Waals surface area contributed by atoms with Crippen LogP contribution in [-0.4, -0.2) is 32.3 Å². The number of hydrogen-bond donors (Lipinski definition) is 0. The van der Waals surface area contributed by atoms with Crippen molar-refractivity contribution < 1.29 is 18.6 Å². The Labute approximate surface area is 111 Å². The molecular formula is C13H16ClFO3. The molecule has 1 aliphatic heterocycles. The summed E-state index contributed by atoms with van der Waals surface area (Å²) in [6.45, 7) is 0.828. The maximum Gasteiger partial charge on any atom is 0.188 e. The second kappa shape index (κ2) is 6.48. The lowest BCUT2D eigenvalue weighted by Crippen LogP contribution is -2.20. The van der Waals surface area contributed by atoms with Gasteiger partial charge in [0.2, 0.25) is 0 Å². The molecule has 3 unspecified atom stereocenters. The Morgan fingerprint density at radius 1 is 1.39 bits per heavy atom. The number of ether oxygens (including phenoxy) is 3. The lowest BCUT2D eigenvalue weighted by molar-refractivity contribution is -0.145. The van der Waals surface area contributed by atoms with Crippen LogP contribution in [0.25, 0.3) is 0 Å². The number of benzene rings is 1. The fourth-order valence-corrected chi connectivity index (χ4v) is 2.02. The summed E-state index contributed by atoms with van der Waals surface area (Å²) in [5.41, 5.74) is 1.03. The Kier molecular flexibility index (Phi) is 4.95. The zero-order valence-electron chi connectivity index (χ0n) is 10.1. The molecule has 0 N–H and O–H groups in total. The van der Waals surface area contributed by atoms with E-state index in [1.54, 1.807) is 0 Å². The molecule has 1 aromatic rings. The molecule has 18 heavy (non-hydrogen) atoms. The first kappa shape index (κ1) is 13.7. The molecule has 0 radical (unpaired) electrons. The summed E-state index contributed by atoms with van der Waals surface area (Å²) >= 11 is 5.78. The minimum Gasteiger partial charge on any atom is -0.374 e. The van der Waals surface area contributed by atoms with E-state index < -0.39 is 12.5 Å². The van der Waals surface area contributed by atoms with Crippen LogP contribution in [0.3, 0.4) is 0 Å². The van der Waals surface area contributed by atoms with Gasteiger partial charge in [0.15, 0.2) is 12.5 Å². The van der Waals surface area contributed by atoms with Crippen molar-refractivity contribution in [3.63, 3.8) is 0 Å². The molecule has 1 aromatic carbocycles. The number of rotatable bonds is 5. The van der Waals surface area contributed by atoms with Gasteiger partial charge in [0.05, 0.1) is 19.3 Å². The Hall–Kier alpha value is -0.680. The van der Waals surface area contributed by atoms with Gasteiger partial charge in [-0.15, -0.1) is 0 Å². The quantitative estimate of drug-likeness (QED) is 0.826. The fourth-order valence-electron chi connectivity index (χ4n) is 1.89. The van der Waals surface area contributed by atoms with Gasteiger partial charge in [0.25, 0.3) is 0 Å². The zero-order chi connectivity index (χ0) is 13.0. The normalized spacial score (nSPS) is 27.6. The van der Waals surface area contributed by atoms with E-state index in [4.69, 9.17) is 25.8 Å². The SMILES string of the molecule is COC1OC(COCc2ccc(Cl)cc2)CC1F. The predicted octanol–water partition coefficient (Wildman–Crippen LogP) is 2.96. The van der Waals surface area contributed by atoms with E-state index in [2.05, 4.69) is 0 Å². The molecule has 1 heterocycles. The van der Waals surface area contributed by atoms with Gasteiger partial charge in [-0.25, -0.2) is 4.39 Å². The third kappa shape index (κ3) is 3.65. The number of alkyl halides is 1. The molecule has 1 saturated heterocycles. The van der Waals surface area contributed by atoms with Crippen molar-refractivity contribution in [2.24, 2.45) is 0 Å². The van der Waals surface area contributed by atoms with Gasteiger partial charge in [-0.3, -0.25) is 0 Å². The molecule has 2 rings (SSSR count). The predicted molar refractivity (Wildman–Crippen MR) is 66.3 cm³/mol. The first-order valence-electron chi connectivity index (χ1n) is 5.83. The highest BCUT2D eigenvalue weighted by Crippen LogP contribution is 2.24. The van der Waals surface area contributed by atoms with Crippen molar-refractivity contribution in [2.75, 3.05) is 13.7 Å². The molecule has 0 saturated carbocycles. The topological polar surface area (TPSA) is 27.7 Å². The van der Waals surface area contributed by atoms with Gasteiger partial charge in [0, 0.05) is 18.6 Å². The average Bonchev–Trinajstić information content (AvgIpc) is 2.72. The average molecular weight is 275 g/mol. The molecule has 0 aliphatic carbocycles. The number of hydrogen-bond acceptors (Lipinski definition) is 3. The Morgan fingerprint density at radius 2 is 2.11 bits per heavy atom. The first-order chi connectivity index (χ1) is 8.69. The minimum atomic E-state index is -1.07. The van der Waals surface area contributed by atoms with Gasteiger partial charge in [-0.1, -0.05) is 23.7 Å². The van der Waals surface area contributed by atoms with Crippen molar-refractivity contribution >= 4 is 11.6 Å². The van der Waals surface area contributed by atoms with E-state index in [1.165, 1.54) is 7.11 Å². The Bertz CT molecular complexity index is 371. The summed E-state index contributed by atoms with van der Waals surface area (Å²) in [4.78, 5) is 0. The van der Waals surface area contributed by atoms with Crippen LogP contribution in [0.2, 0.25) is 5.02 Å². The second-order valence-electron chi connectivity index (χ2n) is 4.26. The standard InChI is InChI=1S/C13H16ClFO3/c1-16-13-12(15)6-11(18-13)8-17-7-9-2-4-10(14)5-3-9/h2-5,11-13H,6-8H2,1H3. The van der Waals surface area contributed by atoms with Gasteiger partial charge >= 0.3 is 0 Å². The molecule has 0 bridgehead atoms. The van der Waals surface area contributed by atoms with Crippen LogP contribution >= 0.6 is 11.6 Å². The van der Waals surface area contributed by atoms with Crippen molar-refractivity contribution in [2.45, 2.75) is 31.6 Å². The van der Waals surface area contributed by atoms with Crippen LogP contribution in [-0.2, 0) is 20.8 Å². The highest BCUT2D eigenvalue weighted by Gasteiger charge is 2.35. The molecule has 0 amide bonds. The van der Waals surface area contributed by atoms with Crippen molar-refractivity contribution in [1.82, 2.24) is 0 Å². The molecule has 100 valence electrons. The summed E-state index contributed by atoms with van der Waals surface area (Å²) in [6, 6.07) is 7.41. The van der Waals surface area contributed by atoms with Crippen LogP contribution in [0.5, 0.6) is 0 Å². The molecule has 0 spiro atoms. The Balaban J connectivity index is 1.71. The van der Waals surface area contributed by atoms with E-state index in [1.807, 2.05) is 24.3 Å². The van der Waals surface area contributed by atoms with Gasteiger partial charge in [-0.2, -0.15) is 0 Å². The molecule has 5 heteroatoms. The first-order valence-corrected chi connectivity index (χ1v) is 6.21. The van der Waals surface area contributed by atoms with Gasteiger partial charge in [-0.05, 0) is 17.7 Å². The zero-order valence-corrected chi connectivity index (χ0v) is 10.9. The summed E-state index contributed by atoms with van der Waals surface area (Å²) < 4.78 is 29.0. The minimum absolute atomic E-state index is 0.239. The van der Waals surface area contributed by atoms with Crippen LogP contribution in [0.4, 0.5) is 4.39 Å². The summed E-state index contributed by atoms with van der Waals surface area (Å²) in [5, 5.41) is 0.695. The van der Waals surface area contributed by atoms with E-state index in [0.29, 0.717) is 24.7 Å². The molecule has 1 fully saturated rings. The van der Waals surface area contributed by atoms with Gasteiger partial charge in [0.1, 0.15) is 0 Å². The lowest BCUT2D eigenvalue weighted by atomic mass is 10.2. The number of methoxy groups -OCH3 is 1. The summed E-state index contributed by atoms with van der Waals surface area (Å²) in [7, 11) is 1.44. The van der Waals surface area contributed by atoms with Crippen LogP contribution in [0, 0.1) is 0 Å². The maximum absolute atomic E-state index is 13.3. The van der Waals surface area contributed by atoms with Crippen molar-refractivity contribution in [3.05, 3.63) is 34.9 Å². The highest BCUT2D eigenvalue weighted by molar-refractivity contribution is 6.30. The van der Waals surface area contributed by atoms with Crippen LogP contribution in [0.15, 0.2) is 24.3 Å². The molecule has 0 aromatic heterocycles. The van der Waals surface area contributed by atoms with E-state index in [-0.39, 0.29) is 6.10 Å². The second-order valence-corrected chi connectivity index (χ2v) is 4.69. The largest absolute Gasteiger partial charge is 0.374 e. The molecule has 1 aliphatic rings. The number of halogens is 2. The molecule has 3 atom stereocenters. The van der Waals surface area contributed by atoms with Crippen molar-refractivity contribution in [1.29, 1.82) is 0 Å². The smallest absolute Gasteiger partial charge is 0.188 e. The fraction of sp³-hybridized carbons (Fsp3) is 0.538. The summed E-state index contributed by atoms with van der Waals surface area (Å²) in [6.07, 6.45) is -1.75. The third-order valence-corrected chi connectivity index (χ3v) is 3.08. The van der Waals surface area contributed by atoms with E-state index in [0.717, 1.165) is 5.56 Å². The molecular weight excluding hydrogens is 259 g/mol. The van der Waals surface area contributed by atoms with Gasteiger partial charge < -0.3 is 14.2 Å². The maximum atomic E-state index is 13.3. The lowest BCUT2D eigenvalue weighted by Gasteiger charge is -2.12. The Morgan fingerprint density at radius 3 is 2.72 bits per heavy atom. The van der Waals surface area contributed by atoms with E-state index in [9.17, 15) is 4.39 Å². The summed E-state index contributed by atoms with van der Waals surface area (Å²) in [5.74, 6) is 0. The van der Waals surface area contributed by atoms with Crippen LogP contribution in [0.1, 0.15) is 12.0 Å².